The van der Waals surface area contributed by atoms with E-state index >= 15 is 0 Å². The first kappa shape index (κ1) is 23.5. The van der Waals surface area contributed by atoms with E-state index < -0.39 is 21.8 Å². The zero-order valence-electron chi connectivity index (χ0n) is 17.5. The van der Waals surface area contributed by atoms with Gasteiger partial charge in [-0.25, -0.2) is 8.42 Å². The predicted molar refractivity (Wildman–Crippen MR) is 112 cm³/mol. The lowest BCUT2D eigenvalue weighted by Gasteiger charge is -2.16. The molecule has 1 atom stereocenters. The number of hydrogen-bond acceptors (Lipinski definition) is 7. The molecular weight excluding hydrogens is 410 g/mol. The maximum Gasteiger partial charge on any atom is 0.258 e. The number of carbonyl (C=O) groups excluding carboxylic acids is 1. The minimum atomic E-state index is -3.42. The fraction of sp³-hybridized carbons (Fsp3) is 0.381. The standard InChI is InChI=1S/C21H27NO7S/c1-14-7-5-6-8-17(14)28-12-16(23)11-22-21(24)13-29-19-9-15(2)20(30(4,25)26)10-18(19)27-3/h5-10,16,23H,11-13H2,1-4H3,(H,22,24). The zero-order chi connectivity index (χ0) is 22.3. The van der Waals surface area contributed by atoms with Gasteiger partial charge in [-0.2, -0.15) is 0 Å². The van der Waals surface area contributed by atoms with Crippen molar-refractivity contribution in [2.75, 3.05) is 33.1 Å². The number of nitrogens with one attached hydrogen (secondary N) is 1. The molecule has 2 N–H and O–H groups in total. The van der Waals surface area contributed by atoms with Gasteiger partial charge in [0.1, 0.15) is 18.5 Å². The monoisotopic (exact) mass is 437 g/mol. The Kier molecular flexibility index (Phi) is 8.08. The van der Waals surface area contributed by atoms with Crippen LogP contribution < -0.4 is 19.5 Å². The molecule has 30 heavy (non-hydrogen) atoms. The summed E-state index contributed by atoms with van der Waals surface area (Å²) in [6, 6.07) is 10.3. The smallest absolute Gasteiger partial charge is 0.258 e. The van der Waals surface area contributed by atoms with E-state index in [4.69, 9.17) is 14.2 Å². The summed E-state index contributed by atoms with van der Waals surface area (Å²) < 4.78 is 39.8. The number of hydrogen-bond donors (Lipinski definition) is 2. The number of rotatable bonds is 10. The van der Waals surface area contributed by atoms with E-state index in [1.807, 2.05) is 25.1 Å². The first-order valence-corrected chi connectivity index (χ1v) is 11.2. The van der Waals surface area contributed by atoms with Crippen LogP contribution in [0.3, 0.4) is 0 Å². The zero-order valence-corrected chi connectivity index (χ0v) is 18.3. The Hall–Kier alpha value is -2.78. The summed E-state index contributed by atoms with van der Waals surface area (Å²) in [5, 5.41) is 12.6. The lowest BCUT2D eigenvalue weighted by Crippen LogP contribution is -2.37. The van der Waals surface area contributed by atoms with Crippen LogP contribution >= 0.6 is 0 Å². The Balaban J connectivity index is 1.85. The summed E-state index contributed by atoms with van der Waals surface area (Å²) in [5.74, 6) is 0.685. The van der Waals surface area contributed by atoms with Gasteiger partial charge in [-0.1, -0.05) is 18.2 Å². The van der Waals surface area contributed by atoms with Gasteiger partial charge in [0.25, 0.3) is 5.91 Å². The number of aliphatic hydroxyl groups is 1. The Morgan fingerprint density at radius 2 is 1.77 bits per heavy atom. The maximum absolute atomic E-state index is 12.0. The minimum Gasteiger partial charge on any atom is -0.493 e. The Bertz CT molecular complexity index is 989. The van der Waals surface area contributed by atoms with Crippen molar-refractivity contribution < 1.29 is 32.5 Å². The number of benzene rings is 2. The molecule has 0 spiro atoms. The van der Waals surface area contributed by atoms with Crippen LogP contribution in [0.5, 0.6) is 17.2 Å². The number of sulfone groups is 1. The lowest BCUT2D eigenvalue weighted by molar-refractivity contribution is -0.123. The molecule has 2 aromatic rings. The highest BCUT2D eigenvalue weighted by atomic mass is 32.2. The van der Waals surface area contributed by atoms with Crippen LogP contribution in [0, 0.1) is 13.8 Å². The van der Waals surface area contributed by atoms with E-state index in [2.05, 4.69) is 5.32 Å². The van der Waals surface area contributed by atoms with E-state index in [-0.39, 0.29) is 36.2 Å². The van der Waals surface area contributed by atoms with Crippen molar-refractivity contribution in [1.82, 2.24) is 5.32 Å². The summed E-state index contributed by atoms with van der Waals surface area (Å²) in [5.41, 5.74) is 1.44. The van der Waals surface area contributed by atoms with Gasteiger partial charge in [0, 0.05) is 18.9 Å². The fourth-order valence-corrected chi connectivity index (χ4v) is 3.67. The van der Waals surface area contributed by atoms with Crippen LogP contribution in [0.25, 0.3) is 0 Å². The molecule has 2 rings (SSSR count). The van der Waals surface area contributed by atoms with Gasteiger partial charge >= 0.3 is 0 Å². The fourth-order valence-electron chi connectivity index (χ4n) is 2.70. The Morgan fingerprint density at radius 3 is 2.40 bits per heavy atom. The van der Waals surface area contributed by atoms with Gasteiger partial charge in [-0.15, -0.1) is 0 Å². The van der Waals surface area contributed by atoms with Gasteiger partial charge in [0.2, 0.25) is 0 Å². The highest BCUT2D eigenvalue weighted by Crippen LogP contribution is 2.32. The largest absolute Gasteiger partial charge is 0.493 e. The normalized spacial score (nSPS) is 12.2. The maximum atomic E-state index is 12.0. The molecule has 0 fully saturated rings. The summed E-state index contributed by atoms with van der Waals surface area (Å²) in [4.78, 5) is 12.2. The molecule has 0 radical (unpaired) electrons. The Labute approximate surface area is 176 Å². The van der Waals surface area contributed by atoms with E-state index in [1.165, 1.54) is 19.2 Å². The quantitative estimate of drug-likeness (QED) is 0.581. The molecule has 0 heterocycles. The average Bonchev–Trinajstić information content (AvgIpc) is 2.69. The van der Waals surface area contributed by atoms with Crippen molar-refractivity contribution in [2.24, 2.45) is 0 Å². The molecule has 9 heteroatoms. The number of carbonyl (C=O) groups is 1. The lowest BCUT2D eigenvalue weighted by atomic mass is 10.2. The topological polar surface area (TPSA) is 111 Å². The van der Waals surface area contributed by atoms with Gasteiger partial charge < -0.3 is 24.6 Å². The number of para-hydroxylation sites is 1. The molecule has 0 aliphatic rings. The van der Waals surface area contributed by atoms with Crippen LogP contribution in [0.2, 0.25) is 0 Å². The van der Waals surface area contributed by atoms with Crippen molar-refractivity contribution >= 4 is 15.7 Å². The molecule has 2 aromatic carbocycles. The van der Waals surface area contributed by atoms with Crippen LogP contribution in [0.4, 0.5) is 0 Å². The highest BCUT2D eigenvalue weighted by molar-refractivity contribution is 7.90. The van der Waals surface area contributed by atoms with Crippen molar-refractivity contribution in [3.8, 4) is 17.2 Å². The summed E-state index contributed by atoms with van der Waals surface area (Å²) >= 11 is 0. The summed E-state index contributed by atoms with van der Waals surface area (Å²) in [7, 11) is -2.03. The van der Waals surface area contributed by atoms with Gasteiger partial charge in [-0.05, 0) is 37.1 Å². The van der Waals surface area contributed by atoms with Crippen molar-refractivity contribution in [1.29, 1.82) is 0 Å². The number of ether oxygens (including phenoxy) is 3. The van der Waals surface area contributed by atoms with E-state index in [0.717, 1.165) is 11.8 Å². The molecule has 0 aromatic heterocycles. The predicted octanol–water partition coefficient (Wildman–Crippen LogP) is 1.65. The van der Waals surface area contributed by atoms with Gasteiger partial charge in [0.15, 0.2) is 27.9 Å². The number of methoxy groups -OCH3 is 1. The van der Waals surface area contributed by atoms with E-state index in [0.29, 0.717) is 11.3 Å². The van der Waals surface area contributed by atoms with Crippen molar-refractivity contribution in [3.05, 3.63) is 47.5 Å². The third-order valence-electron chi connectivity index (χ3n) is 4.28. The third-order valence-corrected chi connectivity index (χ3v) is 5.52. The molecule has 0 saturated carbocycles. The molecule has 8 nitrogen and oxygen atoms in total. The average molecular weight is 438 g/mol. The van der Waals surface area contributed by atoms with Gasteiger partial charge in [0.05, 0.1) is 12.0 Å². The second kappa shape index (κ2) is 10.3. The van der Waals surface area contributed by atoms with Crippen LogP contribution in [-0.2, 0) is 14.6 Å². The molecule has 1 unspecified atom stereocenters. The molecule has 0 saturated heterocycles. The van der Waals surface area contributed by atoms with Gasteiger partial charge in [-0.3, -0.25) is 4.79 Å². The Morgan fingerprint density at radius 1 is 1.07 bits per heavy atom. The first-order valence-electron chi connectivity index (χ1n) is 9.26. The van der Waals surface area contributed by atoms with E-state index in [1.54, 1.807) is 13.0 Å². The van der Waals surface area contributed by atoms with Crippen LogP contribution in [-0.4, -0.2) is 58.7 Å². The number of amides is 1. The number of aryl methyl sites for hydroxylation is 2. The third kappa shape index (κ3) is 6.64. The highest BCUT2D eigenvalue weighted by Gasteiger charge is 2.17. The van der Waals surface area contributed by atoms with Crippen molar-refractivity contribution in [3.63, 3.8) is 0 Å². The molecule has 0 aliphatic heterocycles. The first-order chi connectivity index (χ1) is 14.1. The molecular formula is C21H27NO7S. The van der Waals surface area contributed by atoms with E-state index in [9.17, 15) is 18.3 Å². The molecule has 1 amide bonds. The SMILES string of the molecule is COc1cc(S(C)(=O)=O)c(C)cc1OCC(=O)NCC(O)COc1ccccc1C. The second-order valence-electron chi connectivity index (χ2n) is 6.86. The minimum absolute atomic E-state index is 0.00272. The molecule has 0 bridgehead atoms. The van der Waals surface area contributed by atoms with Crippen molar-refractivity contribution in [2.45, 2.75) is 24.8 Å². The molecule has 164 valence electrons. The van der Waals surface area contributed by atoms with Crippen LogP contribution in [0.15, 0.2) is 41.3 Å². The number of aliphatic hydroxyl groups excluding tert-OH is 1. The summed E-state index contributed by atoms with van der Waals surface area (Å²) in [6.45, 7) is 3.25. The molecule has 0 aliphatic carbocycles. The van der Waals surface area contributed by atoms with Crippen LogP contribution in [0.1, 0.15) is 11.1 Å². The second-order valence-corrected chi connectivity index (χ2v) is 8.85. The summed E-state index contributed by atoms with van der Waals surface area (Å²) in [6.07, 6.45) is 0.219.